The van der Waals surface area contributed by atoms with E-state index in [1.807, 2.05) is 135 Å². The van der Waals surface area contributed by atoms with Gasteiger partial charge in [-0.3, -0.25) is 29.1 Å². The average Bonchev–Trinajstić information content (AvgIpc) is 1.18. The molecule has 0 bridgehead atoms. The largest absolute Gasteiger partial charge is 1.00 e. The summed E-state index contributed by atoms with van der Waals surface area (Å²) in [5.74, 6) is 2.60. The smallest absolute Gasteiger partial charge is 0.870 e. The van der Waals surface area contributed by atoms with Gasteiger partial charge in [-0.05, 0) is 209 Å². The summed E-state index contributed by atoms with van der Waals surface area (Å²) in [4.78, 5) is 63.7. The zero-order chi connectivity index (χ0) is 96.2. The predicted molar refractivity (Wildman–Crippen MR) is 549 cm³/mol. The number of aromatic nitrogens is 9. The summed E-state index contributed by atoms with van der Waals surface area (Å²) >= 11 is 3.46. The Morgan fingerprint density at radius 2 is 0.750 bits per heavy atom. The molecule has 28 nitrogen and oxygen atoms in total. The van der Waals surface area contributed by atoms with Crippen molar-refractivity contribution >= 4 is 114 Å². The van der Waals surface area contributed by atoms with Crippen LogP contribution in [-0.2, 0) is 64.7 Å². The van der Waals surface area contributed by atoms with Crippen LogP contribution in [0.5, 0.6) is 17.2 Å². The van der Waals surface area contributed by atoms with Gasteiger partial charge >= 0.3 is 58.5 Å². The zero-order valence-electron chi connectivity index (χ0n) is 79.9. The van der Waals surface area contributed by atoms with Crippen molar-refractivity contribution in [3.8, 4) is 73.3 Å². The third-order valence-corrected chi connectivity index (χ3v) is 29.9. The molecule has 716 valence electrons. The van der Waals surface area contributed by atoms with Crippen molar-refractivity contribution in [2.45, 2.75) is 62.5 Å². The molecular formula is C107H109BBrKN12O16S2. The summed E-state index contributed by atoms with van der Waals surface area (Å²) < 4.78 is 107. The van der Waals surface area contributed by atoms with Gasteiger partial charge in [0.25, 0.3) is 36.7 Å². The van der Waals surface area contributed by atoms with Gasteiger partial charge in [0.2, 0.25) is 0 Å². The number of aromatic amines is 1. The summed E-state index contributed by atoms with van der Waals surface area (Å²) in [5, 5.41) is 4.95. The fourth-order valence-electron chi connectivity index (χ4n) is 17.3. The van der Waals surface area contributed by atoms with E-state index in [0.717, 1.165) is 216 Å². The second-order valence-electron chi connectivity index (χ2n) is 35.9. The molecule has 0 spiro atoms. The van der Waals surface area contributed by atoms with Crippen LogP contribution in [0.2, 0.25) is 0 Å². The van der Waals surface area contributed by atoms with Crippen LogP contribution in [0.1, 0.15) is 38.8 Å². The average molecular weight is 2010 g/mol. The number of nitrogens with one attached hydrogen (secondary N) is 1. The molecule has 0 amide bonds. The van der Waals surface area contributed by atoms with Crippen molar-refractivity contribution in [1.82, 2.24) is 56.3 Å². The van der Waals surface area contributed by atoms with E-state index < -0.39 is 31.2 Å². The van der Waals surface area contributed by atoms with Crippen LogP contribution in [-0.4, -0.2) is 215 Å². The molecule has 140 heavy (non-hydrogen) atoms. The molecular weight excluding hydrogens is 1900 g/mol. The van der Waals surface area contributed by atoms with Crippen molar-refractivity contribution in [3.63, 3.8) is 0 Å². The SMILES string of the molecule is CC1(C)OB(c2ccc(OCCN3CCOCC3)cc2)OC1(C)C.Cc1ccc(S(=O)(=O)n2ccc3c(-c4ccc5cc(-c6ccc(OCCN7CCOCC7)cc6)ccc5n4)cn(C)c(=O)c32)cc1.Cc1ccc(S(=O)(=O)n2ccc3c(-c4ccc5cc(Br)ccc5n4)cn(C)c(=O)c32)cc1.Cn1cc(-c2ccc3cc(-c4ccc(OCCN5CCOCC5)cc4)ccc3n2)c2cc[nH]c2c1=O.[K+].[OH-]. The summed E-state index contributed by atoms with van der Waals surface area (Å²) in [7, 11) is -3.25. The minimum atomic E-state index is -3.99. The van der Waals surface area contributed by atoms with Crippen LogP contribution in [0.15, 0.2) is 296 Å². The molecule has 4 aliphatic heterocycles. The maximum atomic E-state index is 13.6. The van der Waals surface area contributed by atoms with Gasteiger partial charge in [0, 0.05) is 171 Å². The first-order chi connectivity index (χ1) is 66.6. The second-order valence-corrected chi connectivity index (χ2v) is 40.4. The number of aryl methyl sites for hydroxylation is 5. The Kier molecular flexibility index (Phi) is 31.9. The quantitative estimate of drug-likeness (QED) is 0.0616. The second kappa shape index (κ2) is 44.0. The fourth-order valence-corrected chi connectivity index (χ4v) is 20.4. The van der Waals surface area contributed by atoms with E-state index in [9.17, 15) is 31.2 Å². The Balaban J connectivity index is 0.000000137. The maximum absolute atomic E-state index is 13.6. The van der Waals surface area contributed by atoms with Crippen LogP contribution >= 0.6 is 15.9 Å². The number of hydrogen-bond donors (Lipinski definition) is 1. The number of nitrogens with zero attached hydrogens (tertiary/aromatic N) is 11. The molecule has 4 aliphatic rings. The van der Waals surface area contributed by atoms with Gasteiger partial charge in [-0.15, -0.1) is 0 Å². The van der Waals surface area contributed by atoms with Gasteiger partial charge in [0.15, 0.2) is 0 Å². The summed E-state index contributed by atoms with van der Waals surface area (Å²) in [6.07, 6.45) is 9.93. The predicted octanol–water partition coefficient (Wildman–Crippen LogP) is 13.3. The first-order valence-electron chi connectivity index (χ1n) is 46.1. The van der Waals surface area contributed by atoms with Gasteiger partial charge in [-0.25, -0.2) is 39.7 Å². The third kappa shape index (κ3) is 22.5. The molecule has 0 aliphatic carbocycles. The van der Waals surface area contributed by atoms with Gasteiger partial charge in [-0.1, -0.05) is 118 Å². The molecule has 9 aromatic heterocycles. The van der Waals surface area contributed by atoms with Crippen LogP contribution in [0.25, 0.3) is 121 Å². The molecule has 0 unspecified atom stereocenters. The number of fused-ring (bicyclic) bond motifs is 6. The number of hydrogen-bond acceptors (Lipinski definition) is 22. The standard InChI is InChI=1S/C36H34N4O5S.C29H28N4O3.C24H18BrN3O3S.C18H28BNO4.K.H2O/c1-25-3-11-30(12-4-25)46(42,43)40-16-15-31-32(24-38(2)36(41)35(31)40)34-14-8-28-23-27(7-13-33(28)37-34)26-5-9-29(10-6-26)45-22-19-39-17-20-44-21-18-39;1-32-19-25(24-10-11-30-28(24)29(32)34)27-9-5-22-18-21(4-8-26(22)31-27)20-2-6-23(7-3-20)36-17-14-33-12-15-35-16-13-33;1-15-3-7-18(8-4-15)32(30,31)28-12-11-19-20(14-27(2)24(29)23(19)28)22-9-5-16-13-17(25)6-10-21(16)26-22;1-17(2)18(3,4)24-19(23-17)15-5-7-16(8-6-15)22-14-11-20-9-12-21-13-10-20;;/h3-16,23-24H,17-22H2,1-2H3;2-11,18-19,30H,12-17H2,1H3;3-14H,1-2H3;5-8H,9-14H2,1-4H3;;1H2/q;;;;+1;/p-1. The van der Waals surface area contributed by atoms with E-state index in [4.69, 9.17) is 52.7 Å². The van der Waals surface area contributed by atoms with E-state index in [2.05, 4.69) is 118 Å². The molecule has 0 radical (unpaired) electrons. The molecule has 21 rings (SSSR count). The Hall–Kier alpha value is -11.4. The Labute approximate surface area is 863 Å². The van der Waals surface area contributed by atoms with Crippen molar-refractivity contribution in [1.29, 1.82) is 0 Å². The van der Waals surface area contributed by atoms with Crippen LogP contribution in [0.3, 0.4) is 0 Å². The first-order valence-corrected chi connectivity index (χ1v) is 49.8. The van der Waals surface area contributed by atoms with Crippen molar-refractivity contribution in [2.24, 2.45) is 21.1 Å². The van der Waals surface area contributed by atoms with E-state index in [1.165, 1.54) is 21.5 Å². The Bertz CT molecular complexity index is 7760. The van der Waals surface area contributed by atoms with Gasteiger partial charge < -0.3 is 61.9 Å². The van der Waals surface area contributed by atoms with E-state index in [0.29, 0.717) is 58.6 Å². The molecule has 0 saturated carbocycles. The Morgan fingerprint density at radius 3 is 1.14 bits per heavy atom. The maximum Gasteiger partial charge on any atom is 1.00 e. The van der Waals surface area contributed by atoms with Gasteiger partial charge in [-0.2, -0.15) is 0 Å². The molecule has 33 heteroatoms. The van der Waals surface area contributed by atoms with Crippen LogP contribution in [0.4, 0.5) is 0 Å². The molecule has 17 aromatic rings. The van der Waals surface area contributed by atoms with Crippen LogP contribution < -0.4 is 87.7 Å². The van der Waals surface area contributed by atoms with Crippen molar-refractivity contribution < 1.29 is 111 Å². The van der Waals surface area contributed by atoms with Gasteiger partial charge in [0.05, 0.1) is 94.3 Å². The molecule has 2 N–H and O–H groups in total. The number of H-pyrrole nitrogens is 1. The Morgan fingerprint density at radius 1 is 0.407 bits per heavy atom. The first kappa shape index (κ1) is 102. The van der Waals surface area contributed by atoms with E-state index in [-0.39, 0.29) is 102 Å². The zero-order valence-corrected chi connectivity index (χ0v) is 86.2. The van der Waals surface area contributed by atoms with E-state index in [1.54, 1.807) is 105 Å². The molecule has 0 atom stereocenters. The topological polar surface area (TPSA) is 312 Å². The summed E-state index contributed by atoms with van der Waals surface area (Å²) in [6.45, 7) is 27.4. The van der Waals surface area contributed by atoms with Crippen LogP contribution in [0, 0.1) is 13.8 Å². The monoisotopic (exact) mass is 2010 g/mol. The minimum absolute atomic E-state index is 0. The molecule has 4 saturated heterocycles. The number of morpholine rings is 3. The third-order valence-electron chi connectivity index (χ3n) is 26.0. The van der Waals surface area contributed by atoms with Crippen molar-refractivity contribution in [3.05, 3.63) is 314 Å². The fraction of sp³-hybridized carbons (Fsp3) is 0.271. The number of halogens is 1. The molecule has 13 heterocycles. The summed E-state index contributed by atoms with van der Waals surface area (Å²) in [5.41, 5.74) is 13.6. The summed E-state index contributed by atoms with van der Waals surface area (Å²) in [6, 6.07) is 72.9. The minimum Gasteiger partial charge on any atom is -0.870 e. The molecule has 4 fully saturated rings. The number of rotatable bonds is 22. The van der Waals surface area contributed by atoms with Gasteiger partial charge in [0.1, 0.15) is 53.6 Å². The molecule has 8 aromatic carbocycles. The van der Waals surface area contributed by atoms with Crippen molar-refractivity contribution in [2.75, 3.05) is 118 Å². The van der Waals surface area contributed by atoms with E-state index >= 15 is 0 Å². The normalized spacial score (nSPS) is 15.1. The number of benzene rings is 8. The number of ether oxygens (including phenoxy) is 6. The number of pyridine rings is 6.